The molecule has 0 spiro atoms. The summed E-state index contributed by atoms with van der Waals surface area (Å²) in [6.45, 7) is 2.68. The number of benzene rings is 3. The number of para-hydroxylation sites is 1. The Morgan fingerprint density at radius 1 is 0.624 bits per heavy atom. The van der Waals surface area contributed by atoms with Crippen LogP contribution >= 0.6 is 21.6 Å². The number of carboxylic acid groups (broad SMARTS) is 3. The topological polar surface area (TPSA) is 457 Å². The molecule has 3 aromatic carbocycles. The Morgan fingerprint density at radius 2 is 1.18 bits per heavy atom. The third-order valence-electron chi connectivity index (χ3n) is 15.5. The smallest absolute Gasteiger partial charge is 0.328 e. The fraction of sp³-hybridized carbons (Fsp3) is 0.492. The number of nitrogens with one attached hydrogen (secondary N) is 9. The molecule has 10 atom stereocenters. The summed E-state index contributed by atoms with van der Waals surface area (Å²) in [7, 11) is 1.70. The second-order valence-electron chi connectivity index (χ2n) is 22.8. The van der Waals surface area contributed by atoms with Gasteiger partial charge in [0.25, 0.3) is 0 Å². The van der Waals surface area contributed by atoms with Crippen LogP contribution in [0.5, 0.6) is 5.75 Å². The highest BCUT2D eigenvalue weighted by Crippen LogP contribution is 2.25. The van der Waals surface area contributed by atoms with E-state index in [0.29, 0.717) is 34.0 Å². The Kier molecular flexibility index (Phi) is 29.1. The molecule has 2 aliphatic heterocycles. The minimum Gasteiger partial charge on any atom is -0.508 e. The van der Waals surface area contributed by atoms with Gasteiger partial charge in [-0.1, -0.05) is 82.3 Å². The predicted octanol–water partition coefficient (Wildman–Crippen LogP) is -2.76. The fourth-order valence-corrected chi connectivity index (χ4v) is 12.7. The van der Waals surface area contributed by atoms with Gasteiger partial charge in [-0.15, -0.1) is 0 Å². The van der Waals surface area contributed by atoms with E-state index in [0.717, 1.165) is 28.5 Å². The number of carbonyl (C=O) groups excluding carboxylic acids is 8. The van der Waals surface area contributed by atoms with E-state index >= 15 is 9.59 Å². The van der Waals surface area contributed by atoms with Gasteiger partial charge in [-0.05, 0) is 74.5 Å². The number of unbranched alkanes of at least 4 members (excludes halogenated alkanes) is 1. The molecule has 6 rings (SSSR count). The molecule has 8 amide bonds. The highest BCUT2D eigenvalue weighted by Gasteiger charge is 2.38. The number of hydrogen-bond donors (Lipinski definition) is 16. The SMILES string of the molecule is C[C@@H](O)[C@H](NC(=O)[C@@H]1CSSC[C@H](NC(=O)[C@@H](Cc2ccccc2)NC(=O)CN2CCN(CC(=O)O)CCN(CC(=O)O)CC2)C(=O)N[C@@H](Cc2ccc(O)cc2)C(=O)N[C@H](Cc2c[nH]c3ccccc23)C(=O)N[C@@H](CCCCN)C(=O)N[C@@H]([C@@H](C)O)C(=O)N1)C(=O)O. The lowest BCUT2D eigenvalue weighted by Gasteiger charge is -2.29. The van der Waals surface area contributed by atoms with Gasteiger partial charge in [0, 0.05) is 87.1 Å². The van der Waals surface area contributed by atoms with Gasteiger partial charge in [0.2, 0.25) is 47.3 Å². The van der Waals surface area contributed by atoms with Crippen molar-refractivity contribution in [1.82, 2.24) is 62.2 Å². The van der Waals surface area contributed by atoms with Crippen molar-refractivity contribution < 1.29 is 83.4 Å². The molecule has 32 heteroatoms. The first-order chi connectivity index (χ1) is 44.4. The molecule has 506 valence electrons. The van der Waals surface area contributed by atoms with Crippen LogP contribution in [-0.4, -0.2) is 253 Å². The molecule has 93 heavy (non-hydrogen) atoms. The molecule has 0 saturated carbocycles. The lowest BCUT2D eigenvalue weighted by molar-refractivity contribution is -0.145. The number of aliphatic hydroxyl groups excluding tert-OH is 2. The molecule has 0 aliphatic carbocycles. The molecule has 30 nitrogen and oxygen atoms in total. The average molecular weight is 1330 g/mol. The van der Waals surface area contributed by atoms with Crippen molar-refractivity contribution in [3.63, 3.8) is 0 Å². The summed E-state index contributed by atoms with van der Waals surface area (Å²) in [5.41, 5.74) is 8.03. The third-order valence-corrected chi connectivity index (χ3v) is 17.9. The summed E-state index contributed by atoms with van der Waals surface area (Å²) >= 11 is 0. The molecule has 0 unspecified atom stereocenters. The highest BCUT2D eigenvalue weighted by molar-refractivity contribution is 8.76. The Hall–Kier alpha value is -8.37. The van der Waals surface area contributed by atoms with Gasteiger partial charge in [0.05, 0.1) is 31.8 Å². The van der Waals surface area contributed by atoms with E-state index in [9.17, 15) is 73.8 Å². The number of aliphatic hydroxyl groups is 2. The maximum atomic E-state index is 15.2. The summed E-state index contributed by atoms with van der Waals surface area (Å²) in [5, 5.41) is 82.3. The van der Waals surface area contributed by atoms with Crippen LogP contribution in [0.25, 0.3) is 10.9 Å². The molecule has 0 radical (unpaired) electrons. The number of nitrogens with two attached hydrogens (primary N) is 1. The zero-order chi connectivity index (χ0) is 67.7. The lowest BCUT2D eigenvalue weighted by atomic mass is 10.0. The van der Waals surface area contributed by atoms with Crippen LogP contribution < -0.4 is 48.3 Å². The number of aliphatic carboxylic acids is 3. The predicted molar refractivity (Wildman–Crippen MR) is 343 cm³/mol. The van der Waals surface area contributed by atoms with Gasteiger partial charge in [-0.25, -0.2) is 4.79 Å². The summed E-state index contributed by atoms with van der Waals surface area (Å²) in [6.07, 6.45) is -1.74. The van der Waals surface area contributed by atoms with Crippen molar-refractivity contribution in [3.05, 3.63) is 102 Å². The minimum atomic E-state index is -1.89. The standard InChI is InChI=1S/C61H83N13O17S2/c1-35(75)52-60(89)69-48(59(88)71-53(36(2)76)61(90)91)34-93-92-33-47(68-55(84)44(26-37-10-4-3-5-11-37)64-49(78)30-72-20-22-73(31-50(79)80)24-25-74(23-21-72)32-51(81)82)58(87)66-45(27-38-15-17-40(77)18-16-38)56(85)67-46(28-39-29-63-42-13-7-6-12-41(39)42)57(86)65-43(54(83)70-52)14-8-9-19-62/h3-7,10-13,15-18,29,35-36,43-48,52-53,63,75-77H,8-9,14,19-28,30-34,62H2,1-2H3,(H,64,78)(H,65,86)(H,66,87)(H,67,85)(H,68,84)(H,69,89)(H,70,83)(H,71,88)(H,79,80)(H,81,82)(H,90,91)/t35-,36-,43+,44-,45+,46-,47+,48+,52+,53+/m1/s1. The third kappa shape index (κ3) is 23.9. The highest BCUT2D eigenvalue weighted by atomic mass is 33.1. The van der Waals surface area contributed by atoms with Gasteiger partial charge in [0.1, 0.15) is 48.0 Å². The number of phenolic OH excluding ortho intramolecular Hbond substituents is 1. The summed E-state index contributed by atoms with van der Waals surface area (Å²) in [6, 6.07) is 8.35. The summed E-state index contributed by atoms with van der Waals surface area (Å²) < 4.78 is 0. The van der Waals surface area contributed by atoms with E-state index in [-0.39, 0.29) is 103 Å². The van der Waals surface area contributed by atoms with Crippen molar-refractivity contribution in [2.75, 3.05) is 77.0 Å². The molecular weight excluding hydrogens is 1250 g/mol. The first-order valence-corrected chi connectivity index (χ1v) is 32.8. The quantitative estimate of drug-likeness (QED) is 0.0250. The van der Waals surface area contributed by atoms with Crippen LogP contribution in [0, 0.1) is 0 Å². The maximum absolute atomic E-state index is 15.2. The van der Waals surface area contributed by atoms with E-state index in [1.807, 2.05) is 0 Å². The maximum Gasteiger partial charge on any atom is 0.328 e. The van der Waals surface area contributed by atoms with Crippen molar-refractivity contribution >= 4 is 97.7 Å². The molecule has 4 aromatic rings. The number of phenols is 1. The second-order valence-corrected chi connectivity index (χ2v) is 25.4. The summed E-state index contributed by atoms with van der Waals surface area (Å²) in [4.78, 5) is 161. The Morgan fingerprint density at radius 3 is 1.77 bits per heavy atom. The molecule has 2 saturated heterocycles. The largest absolute Gasteiger partial charge is 0.508 e. The molecule has 0 bridgehead atoms. The molecular formula is C61H83N13O17S2. The van der Waals surface area contributed by atoms with Crippen LogP contribution in [0.15, 0.2) is 85.1 Å². The monoisotopic (exact) mass is 1330 g/mol. The van der Waals surface area contributed by atoms with Crippen LogP contribution in [-0.2, 0) is 72.0 Å². The minimum absolute atomic E-state index is 0.0729. The Balaban J connectivity index is 1.41. The van der Waals surface area contributed by atoms with E-state index in [1.54, 1.807) is 75.5 Å². The first-order valence-electron chi connectivity index (χ1n) is 30.3. The number of H-pyrrole nitrogens is 1. The lowest BCUT2D eigenvalue weighted by Crippen LogP contribution is -2.62. The average Bonchev–Trinajstić information content (AvgIpc) is 1.82. The number of amides is 8. The van der Waals surface area contributed by atoms with Crippen molar-refractivity contribution in [1.29, 1.82) is 0 Å². The van der Waals surface area contributed by atoms with Gasteiger partial charge < -0.3 is 83.9 Å². The van der Waals surface area contributed by atoms with Crippen LogP contribution in [0.4, 0.5) is 0 Å². The van der Waals surface area contributed by atoms with Gasteiger partial charge in [-0.2, -0.15) is 0 Å². The van der Waals surface area contributed by atoms with Crippen molar-refractivity contribution in [2.24, 2.45) is 5.73 Å². The van der Waals surface area contributed by atoms with Gasteiger partial charge in [0.15, 0.2) is 6.04 Å². The number of aromatic hydroxyl groups is 1. The van der Waals surface area contributed by atoms with Crippen LogP contribution in [0.2, 0.25) is 0 Å². The molecule has 1 aromatic heterocycles. The Labute approximate surface area is 544 Å². The van der Waals surface area contributed by atoms with Crippen LogP contribution in [0.3, 0.4) is 0 Å². The zero-order valence-corrected chi connectivity index (χ0v) is 53.1. The number of aromatic amines is 1. The zero-order valence-electron chi connectivity index (χ0n) is 51.5. The molecule has 2 fully saturated rings. The number of carbonyl (C=O) groups is 11. The summed E-state index contributed by atoms with van der Waals surface area (Å²) in [5.74, 6) is -12.4. The van der Waals surface area contributed by atoms with Crippen LogP contribution in [0.1, 0.15) is 49.8 Å². The molecule has 2 aliphatic rings. The fourth-order valence-electron chi connectivity index (χ4n) is 10.4. The number of nitrogens with zero attached hydrogens (tertiary/aromatic N) is 3. The van der Waals surface area contributed by atoms with Crippen molar-refractivity contribution in [3.8, 4) is 5.75 Å². The first kappa shape index (κ1) is 73.7. The van der Waals surface area contributed by atoms with Crippen molar-refractivity contribution in [2.45, 2.75) is 113 Å². The Bertz CT molecular complexity index is 3190. The second kappa shape index (κ2) is 36.8. The molecule has 3 heterocycles. The number of hydrogen-bond acceptors (Lipinski definition) is 20. The van der Waals surface area contributed by atoms with E-state index in [1.165, 1.54) is 31.2 Å². The van der Waals surface area contributed by atoms with E-state index in [4.69, 9.17) is 5.73 Å². The number of aromatic nitrogens is 1. The van der Waals surface area contributed by atoms with Gasteiger partial charge in [-0.3, -0.25) is 62.6 Å². The number of rotatable bonds is 24. The van der Waals surface area contributed by atoms with E-state index in [2.05, 4.69) is 47.5 Å². The molecule has 17 N–H and O–H groups in total. The number of fused-ring (bicyclic) bond motifs is 1. The number of carboxylic acids is 3. The van der Waals surface area contributed by atoms with Gasteiger partial charge >= 0.3 is 17.9 Å². The van der Waals surface area contributed by atoms with E-state index < -0.39 is 137 Å². The normalized spacial score (nSPS) is 22.1.